The summed E-state index contributed by atoms with van der Waals surface area (Å²) in [5.74, 6) is 1.96. The second-order valence-electron chi connectivity index (χ2n) is 7.09. The van der Waals surface area contributed by atoms with Crippen LogP contribution in [0.4, 0.5) is 5.82 Å². The van der Waals surface area contributed by atoms with Crippen molar-refractivity contribution in [1.29, 1.82) is 0 Å². The molecule has 1 aliphatic rings. The number of nitrogens with one attached hydrogen (secondary N) is 1. The highest BCUT2D eigenvalue weighted by Gasteiger charge is 2.26. The summed E-state index contributed by atoms with van der Waals surface area (Å²) in [5.41, 5.74) is 2.28. The molecule has 25 heavy (non-hydrogen) atoms. The highest BCUT2D eigenvalue weighted by atomic mass is 15.3. The normalized spacial score (nSPS) is 16.8. The first-order valence-electron chi connectivity index (χ1n) is 8.68. The average molecular weight is 333 g/mol. The number of piperazine rings is 1. The van der Waals surface area contributed by atoms with Crippen molar-refractivity contribution in [1.82, 2.24) is 19.9 Å². The lowest BCUT2D eigenvalue weighted by atomic mass is 10.0. The minimum atomic E-state index is 0.0974. The van der Waals surface area contributed by atoms with E-state index in [0.29, 0.717) is 0 Å². The molecule has 1 N–H and O–H groups in total. The molecular formula is C20H23N5. The van der Waals surface area contributed by atoms with Crippen LogP contribution in [0.25, 0.3) is 17.1 Å². The number of nitrogens with zero attached hydrogens (tertiary/aromatic N) is 4. The zero-order valence-electron chi connectivity index (χ0n) is 14.7. The Bertz CT molecular complexity index is 853. The summed E-state index contributed by atoms with van der Waals surface area (Å²) in [6.45, 7) is 7.34. The van der Waals surface area contributed by atoms with E-state index < -0.39 is 0 Å². The van der Waals surface area contributed by atoms with Crippen LogP contribution in [0.3, 0.4) is 0 Å². The summed E-state index contributed by atoms with van der Waals surface area (Å²) in [5, 5.41) is 3.55. The van der Waals surface area contributed by atoms with Crippen LogP contribution in [0.15, 0.2) is 61.1 Å². The van der Waals surface area contributed by atoms with Gasteiger partial charge in [-0.2, -0.15) is 0 Å². The number of hydrogen-bond donors (Lipinski definition) is 1. The number of hydrogen-bond acceptors (Lipinski definition) is 4. The Balaban J connectivity index is 1.68. The molecule has 0 bridgehead atoms. The van der Waals surface area contributed by atoms with Gasteiger partial charge in [-0.3, -0.25) is 4.57 Å². The molecule has 0 aliphatic carbocycles. The number of imidazole rings is 1. The number of pyridine rings is 1. The first-order chi connectivity index (χ1) is 12.1. The minimum absolute atomic E-state index is 0.0974. The van der Waals surface area contributed by atoms with Crippen LogP contribution < -0.4 is 10.2 Å². The second kappa shape index (κ2) is 6.33. The van der Waals surface area contributed by atoms with Gasteiger partial charge < -0.3 is 10.2 Å². The van der Waals surface area contributed by atoms with Crippen LogP contribution >= 0.6 is 0 Å². The second-order valence-corrected chi connectivity index (χ2v) is 7.09. The first-order valence-corrected chi connectivity index (χ1v) is 8.68. The zero-order valence-corrected chi connectivity index (χ0v) is 14.7. The summed E-state index contributed by atoms with van der Waals surface area (Å²) >= 11 is 0. The Kier molecular flexibility index (Phi) is 4.01. The van der Waals surface area contributed by atoms with E-state index in [1.807, 2.05) is 42.9 Å². The number of benzene rings is 1. The Morgan fingerprint density at radius 1 is 1.04 bits per heavy atom. The minimum Gasteiger partial charge on any atom is -0.353 e. The van der Waals surface area contributed by atoms with Gasteiger partial charge in [0.05, 0.1) is 5.69 Å². The van der Waals surface area contributed by atoms with E-state index in [4.69, 9.17) is 0 Å². The van der Waals surface area contributed by atoms with Crippen LogP contribution in [-0.2, 0) is 0 Å². The van der Waals surface area contributed by atoms with Gasteiger partial charge in [0, 0.05) is 55.4 Å². The quantitative estimate of drug-likeness (QED) is 0.800. The molecule has 5 heteroatoms. The van der Waals surface area contributed by atoms with Gasteiger partial charge in [-0.15, -0.1) is 0 Å². The number of anilines is 1. The van der Waals surface area contributed by atoms with E-state index in [0.717, 1.165) is 42.5 Å². The number of aromatic nitrogens is 3. The fraction of sp³-hybridized carbons (Fsp3) is 0.300. The van der Waals surface area contributed by atoms with Gasteiger partial charge in [0.1, 0.15) is 11.6 Å². The van der Waals surface area contributed by atoms with Gasteiger partial charge in [0.2, 0.25) is 0 Å². The summed E-state index contributed by atoms with van der Waals surface area (Å²) in [6, 6.07) is 14.4. The van der Waals surface area contributed by atoms with Crippen molar-refractivity contribution in [2.24, 2.45) is 0 Å². The molecule has 3 aromatic rings. The maximum atomic E-state index is 4.61. The third-order valence-electron chi connectivity index (χ3n) is 4.58. The van der Waals surface area contributed by atoms with Gasteiger partial charge in [-0.1, -0.05) is 30.3 Å². The van der Waals surface area contributed by atoms with Crippen molar-refractivity contribution in [2.75, 3.05) is 24.5 Å². The predicted octanol–water partition coefficient (Wildman–Crippen LogP) is 3.12. The Morgan fingerprint density at radius 3 is 2.68 bits per heavy atom. The standard InChI is InChI=1S/C20H23N5/c1-20(2)15-24(12-11-23-20)18-14-17(8-9-21-18)25-13-10-22-19(25)16-6-4-3-5-7-16/h3-10,13-14,23H,11-12,15H2,1-2H3. The van der Waals surface area contributed by atoms with Gasteiger partial charge in [-0.25, -0.2) is 9.97 Å². The van der Waals surface area contributed by atoms with Crippen LogP contribution in [0.5, 0.6) is 0 Å². The molecule has 1 saturated heterocycles. The first kappa shape index (κ1) is 15.8. The maximum Gasteiger partial charge on any atom is 0.144 e. The van der Waals surface area contributed by atoms with Crippen LogP contribution in [0.1, 0.15) is 13.8 Å². The number of rotatable bonds is 3. The molecule has 3 heterocycles. The van der Waals surface area contributed by atoms with E-state index in [2.05, 4.69) is 56.8 Å². The molecule has 0 radical (unpaired) electrons. The third-order valence-corrected chi connectivity index (χ3v) is 4.58. The van der Waals surface area contributed by atoms with Crippen molar-refractivity contribution in [3.05, 3.63) is 61.1 Å². The predicted molar refractivity (Wildman–Crippen MR) is 101 cm³/mol. The molecule has 0 saturated carbocycles. The lowest BCUT2D eigenvalue weighted by Crippen LogP contribution is -2.57. The molecule has 5 nitrogen and oxygen atoms in total. The van der Waals surface area contributed by atoms with Gasteiger partial charge in [0.25, 0.3) is 0 Å². The SMILES string of the molecule is CC1(C)CN(c2cc(-n3ccnc3-c3ccccc3)ccn2)CCN1. The van der Waals surface area contributed by atoms with E-state index in [-0.39, 0.29) is 5.54 Å². The molecule has 0 atom stereocenters. The summed E-state index contributed by atoms with van der Waals surface area (Å²) in [4.78, 5) is 11.5. The van der Waals surface area contributed by atoms with Crippen LogP contribution in [0, 0.1) is 0 Å². The Hall–Kier alpha value is -2.66. The van der Waals surface area contributed by atoms with Crippen LogP contribution in [-0.4, -0.2) is 39.7 Å². The molecule has 1 aromatic carbocycles. The van der Waals surface area contributed by atoms with E-state index in [1.54, 1.807) is 0 Å². The fourth-order valence-electron chi connectivity index (χ4n) is 3.38. The lowest BCUT2D eigenvalue weighted by Gasteiger charge is -2.39. The van der Waals surface area contributed by atoms with Crippen molar-refractivity contribution >= 4 is 5.82 Å². The molecule has 128 valence electrons. The summed E-state index contributed by atoms with van der Waals surface area (Å²) < 4.78 is 2.12. The highest BCUT2D eigenvalue weighted by molar-refractivity contribution is 5.59. The van der Waals surface area contributed by atoms with E-state index in [1.165, 1.54) is 0 Å². The van der Waals surface area contributed by atoms with Crippen LogP contribution in [0.2, 0.25) is 0 Å². The van der Waals surface area contributed by atoms with Gasteiger partial charge in [-0.05, 0) is 19.9 Å². The molecule has 0 amide bonds. The Labute approximate surface area is 148 Å². The molecule has 1 aliphatic heterocycles. The Morgan fingerprint density at radius 2 is 1.88 bits per heavy atom. The largest absolute Gasteiger partial charge is 0.353 e. The fourth-order valence-corrected chi connectivity index (χ4v) is 3.38. The molecule has 0 unspecified atom stereocenters. The molecular weight excluding hydrogens is 310 g/mol. The van der Waals surface area contributed by atoms with E-state index in [9.17, 15) is 0 Å². The third kappa shape index (κ3) is 3.28. The smallest absolute Gasteiger partial charge is 0.144 e. The van der Waals surface area contributed by atoms with Crippen molar-refractivity contribution in [3.8, 4) is 17.1 Å². The molecule has 1 fully saturated rings. The molecule has 2 aromatic heterocycles. The lowest BCUT2D eigenvalue weighted by molar-refractivity contribution is 0.352. The van der Waals surface area contributed by atoms with Crippen molar-refractivity contribution < 1.29 is 0 Å². The monoisotopic (exact) mass is 333 g/mol. The van der Waals surface area contributed by atoms with E-state index >= 15 is 0 Å². The summed E-state index contributed by atoms with van der Waals surface area (Å²) in [7, 11) is 0. The van der Waals surface area contributed by atoms with Gasteiger partial charge in [0.15, 0.2) is 0 Å². The summed E-state index contributed by atoms with van der Waals surface area (Å²) in [6.07, 6.45) is 5.73. The van der Waals surface area contributed by atoms with Gasteiger partial charge >= 0.3 is 0 Å². The zero-order chi connectivity index (χ0) is 17.3. The molecule has 0 spiro atoms. The van der Waals surface area contributed by atoms with Crippen molar-refractivity contribution in [2.45, 2.75) is 19.4 Å². The molecule has 4 rings (SSSR count). The maximum absolute atomic E-state index is 4.61. The highest BCUT2D eigenvalue weighted by Crippen LogP contribution is 2.24. The topological polar surface area (TPSA) is 46.0 Å². The van der Waals surface area contributed by atoms with Crippen molar-refractivity contribution in [3.63, 3.8) is 0 Å². The average Bonchev–Trinajstić information content (AvgIpc) is 3.11.